The van der Waals surface area contributed by atoms with Crippen molar-refractivity contribution in [2.45, 2.75) is 438 Å². The van der Waals surface area contributed by atoms with Gasteiger partial charge in [-0.1, -0.05) is 380 Å². The Bertz CT molecular complexity index is 1260. The predicted octanol–water partition coefficient (Wildman–Crippen LogP) is 25.6. The predicted molar refractivity (Wildman–Crippen MR) is 353 cm³/mol. The number of esters is 3. The molecule has 0 bridgehead atoms. The Morgan fingerprint density at radius 3 is 0.617 bits per heavy atom. The lowest BCUT2D eigenvalue weighted by Gasteiger charge is -2.18. The number of rotatable bonds is 70. The minimum atomic E-state index is -0.765. The largest absolute Gasteiger partial charge is 0.462 e. The molecule has 480 valence electrons. The smallest absolute Gasteiger partial charge is 0.306 e. The molecule has 0 saturated carbocycles. The molecule has 0 fully saturated rings. The van der Waals surface area contributed by atoms with Gasteiger partial charge in [-0.3, -0.25) is 14.4 Å². The molecule has 6 nitrogen and oxygen atoms in total. The number of hydrogen-bond acceptors (Lipinski definition) is 6. The van der Waals surface area contributed by atoms with Gasteiger partial charge in [0.2, 0.25) is 0 Å². The minimum Gasteiger partial charge on any atom is -0.462 e. The molecule has 0 heterocycles. The number of carbonyl (C=O) groups excluding carboxylic acids is 3. The fourth-order valence-corrected chi connectivity index (χ4v) is 11.7. The van der Waals surface area contributed by atoms with Gasteiger partial charge in [-0.25, -0.2) is 0 Å². The van der Waals surface area contributed by atoms with Gasteiger partial charge in [0.25, 0.3) is 0 Å². The molecule has 1 unspecified atom stereocenters. The summed E-state index contributed by atoms with van der Waals surface area (Å²) in [6.07, 6.45) is 85.6. The van der Waals surface area contributed by atoms with Gasteiger partial charge in [0, 0.05) is 19.3 Å². The Labute approximate surface area is 507 Å². The van der Waals surface area contributed by atoms with E-state index in [1.165, 1.54) is 334 Å². The van der Waals surface area contributed by atoms with Crippen LogP contribution in [0.25, 0.3) is 0 Å². The van der Waals surface area contributed by atoms with E-state index in [9.17, 15) is 14.4 Å². The molecule has 0 rings (SSSR count). The first kappa shape index (κ1) is 79.2. The van der Waals surface area contributed by atoms with Crippen molar-refractivity contribution in [2.24, 2.45) is 0 Å². The highest BCUT2D eigenvalue weighted by molar-refractivity contribution is 5.71. The lowest BCUT2D eigenvalue weighted by molar-refractivity contribution is -0.167. The van der Waals surface area contributed by atoms with Crippen LogP contribution in [0, 0.1) is 0 Å². The Morgan fingerprint density at radius 1 is 0.235 bits per heavy atom. The SMILES string of the molecule is CCCCCCCCCC/C=C\CCCCCCCCCCCCCCCCCCCC(=O)OCC(COC(=O)CCCCCCCCCCCC)OC(=O)CCCCCCCCCCCCCCCCCCCCCCCCCC. The topological polar surface area (TPSA) is 78.9 Å². The molecule has 6 heteroatoms. The van der Waals surface area contributed by atoms with Gasteiger partial charge in [-0.15, -0.1) is 0 Å². The first-order chi connectivity index (χ1) is 40.0. The van der Waals surface area contributed by atoms with Crippen LogP contribution in [0.4, 0.5) is 0 Å². The summed E-state index contributed by atoms with van der Waals surface area (Å²) >= 11 is 0. The second-order valence-corrected chi connectivity index (χ2v) is 25.6. The third kappa shape index (κ3) is 68.8. The third-order valence-electron chi connectivity index (χ3n) is 17.3. The molecule has 81 heavy (non-hydrogen) atoms. The second kappa shape index (κ2) is 70.6. The van der Waals surface area contributed by atoms with Crippen LogP contribution in [0.15, 0.2) is 12.2 Å². The summed E-state index contributed by atoms with van der Waals surface area (Å²) in [6.45, 7) is 6.72. The molecule has 0 aromatic rings. The Balaban J connectivity index is 4.08. The Hall–Kier alpha value is -1.85. The van der Waals surface area contributed by atoms with Crippen LogP contribution < -0.4 is 0 Å². The van der Waals surface area contributed by atoms with Crippen molar-refractivity contribution in [1.29, 1.82) is 0 Å². The van der Waals surface area contributed by atoms with Gasteiger partial charge in [0.15, 0.2) is 6.10 Å². The normalized spacial score (nSPS) is 12.0. The summed E-state index contributed by atoms with van der Waals surface area (Å²) in [5.41, 5.74) is 0. The molecule has 0 aliphatic heterocycles. The minimum absolute atomic E-state index is 0.0622. The molecule has 0 radical (unpaired) electrons. The van der Waals surface area contributed by atoms with Crippen molar-refractivity contribution in [1.82, 2.24) is 0 Å². The fourth-order valence-electron chi connectivity index (χ4n) is 11.7. The van der Waals surface area contributed by atoms with Crippen LogP contribution >= 0.6 is 0 Å². The van der Waals surface area contributed by atoms with Crippen molar-refractivity contribution in [3.05, 3.63) is 12.2 Å². The molecular weight excluding hydrogens is 997 g/mol. The first-order valence-electron chi connectivity index (χ1n) is 37.2. The Morgan fingerprint density at radius 2 is 0.407 bits per heavy atom. The number of hydrogen-bond donors (Lipinski definition) is 0. The summed E-state index contributed by atoms with van der Waals surface area (Å²) < 4.78 is 17.0. The van der Waals surface area contributed by atoms with Crippen molar-refractivity contribution in [3.8, 4) is 0 Å². The molecular formula is C75H144O6. The molecule has 0 N–H and O–H groups in total. The number of unbranched alkanes of at least 4 members (excludes halogenated alkanes) is 57. The quantitative estimate of drug-likeness (QED) is 0.0261. The maximum Gasteiger partial charge on any atom is 0.306 e. The summed E-state index contributed by atoms with van der Waals surface area (Å²) in [5.74, 6) is -0.827. The van der Waals surface area contributed by atoms with Gasteiger partial charge in [-0.2, -0.15) is 0 Å². The van der Waals surface area contributed by atoms with E-state index < -0.39 is 6.10 Å². The van der Waals surface area contributed by atoms with Gasteiger partial charge in [-0.05, 0) is 44.9 Å². The van der Waals surface area contributed by atoms with Crippen LogP contribution in [0.2, 0.25) is 0 Å². The zero-order chi connectivity index (χ0) is 58.5. The Kier molecular flexibility index (Phi) is 69.0. The number of allylic oxidation sites excluding steroid dienone is 2. The first-order valence-corrected chi connectivity index (χ1v) is 37.2. The highest BCUT2D eigenvalue weighted by Gasteiger charge is 2.20. The molecule has 0 aliphatic rings. The maximum absolute atomic E-state index is 12.9. The van der Waals surface area contributed by atoms with E-state index in [1.807, 2.05) is 0 Å². The number of ether oxygens (including phenoxy) is 3. The average Bonchev–Trinajstić information content (AvgIpc) is 3.47. The van der Waals surface area contributed by atoms with E-state index in [1.54, 1.807) is 0 Å². The second-order valence-electron chi connectivity index (χ2n) is 25.6. The van der Waals surface area contributed by atoms with Crippen LogP contribution in [-0.2, 0) is 28.6 Å². The van der Waals surface area contributed by atoms with Crippen molar-refractivity contribution < 1.29 is 28.6 Å². The fraction of sp³-hybridized carbons (Fsp3) is 0.933. The lowest BCUT2D eigenvalue weighted by atomic mass is 10.0. The average molecular weight is 1140 g/mol. The van der Waals surface area contributed by atoms with Crippen LogP contribution in [0.5, 0.6) is 0 Å². The third-order valence-corrected chi connectivity index (χ3v) is 17.3. The van der Waals surface area contributed by atoms with Crippen LogP contribution in [0.1, 0.15) is 432 Å². The summed E-state index contributed by atoms with van der Waals surface area (Å²) in [6, 6.07) is 0. The number of carbonyl (C=O) groups is 3. The summed E-state index contributed by atoms with van der Waals surface area (Å²) in [4.78, 5) is 38.4. The van der Waals surface area contributed by atoms with Crippen molar-refractivity contribution in [3.63, 3.8) is 0 Å². The van der Waals surface area contributed by atoms with E-state index in [2.05, 4.69) is 32.9 Å². The summed E-state index contributed by atoms with van der Waals surface area (Å²) in [5, 5.41) is 0. The standard InChI is InChI=1S/C75H144O6/c1-4-7-10-13-16-19-22-24-26-28-30-32-34-36-37-38-39-40-42-43-45-47-49-51-53-56-59-62-65-68-74(77)80-71-72(70-79-73(76)67-64-61-58-55-21-18-15-12-9-6-3)81-75(78)69-66-63-60-57-54-52-50-48-46-44-41-35-33-31-29-27-25-23-20-17-14-11-8-5-2/h28,30,72H,4-27,29,31-71H2,1-3H3/b30-28-. The van der Waals surface area contributed by atoms with Crippen LogP contribution in [-0.4, -0.2) is 37.2 Å². The van der Waals surface area contributed by atoms with E-state index >= 15 is 0 Å². The van der Waals surface area contributed by atoms with E-state index in [4.69, 9.17) is 14.2 Å². The summed E-state index contributed by atoms with van der Waals surface area (Å²) in [7, 11) is 0. The van der Waals surface area contributed by atoms with Crippen LogP contribution in [0.3, 0.4) is 0 Å². The highest BCUT2D eigenvalue weighted by Crippen LogP contribution is 2.19. The van der Waals surface area contributed by atoms with Gasteiger partial charge in [0.1, 0.15) is 13.2 Å². The molecule has 0 saturated heterocycles. The van der Waals surface area contributed by atoms with Gasteiger partial charge in [0.05, 0.1) is 0 Å². The van der Waals surface area contributed by atoms with Crippen molar-refractivity contribution >= 4 is 17.9 Å². The molecule has 0 amide bonds. The van der Waals surface area contributed by atoms with Gasteiger partial charge < -0.3 is 14.2 Å². The highest BCUT2D eigenvalue weighted by atomic mass is 16.6. The zero-order valence-corrected chi connectivity index (χ0v) is 55.4. The van der Waals surface area contributed by atoms with Gasteiger partial charge >= 0.3 is 17.9 Å². The zero-order valence-electron chi connectivity index (χ0n) is 55.4. The van der Waals surface area contributed by atoms with E-state index in [0.29, 0.717) is 19.3 Å². The molecule has 0 spiro atoms. The van der Waals surface area contributed by atoms with E-state index in [-0.39, 0.29) is 31.1 Å². The molecule has 0 aromatic heterocycles. The molecule has 0 aromatic carbocycles. The maximum atomic E-state index is 12.9. The van der Waals surface area contributed by atoms with E-state index in [0.717, 1.165) is 57.8 Å². The lowest BCUT2D eigenvalue weighted by Crippen LogP contribution is -2.30. The van der Waals surface area contributed by atoms with Crippen molar-refractivity contribution in [2.75, 3.05) is 13.2 Å². The monoisotopic (exact) mass is 1140 g/mol. The molecule has 0 aliphatic carbocycles. The molecule has 1 atom stereocenters.